The zero-order valence-corrected chi connectivity index (χ0v) is 14.7. The van der Waals surface area contributed by atoms with Gasteiger partial charge in [0.2, 0.25) is 0 Å². The number of nitrogens with zero attached hydrogens (tertiary/aromatic N) is 1. The second-order valence-electron chi connectivity index (χ2n) is 6.09. The molecular weight excluding hydrogens is 344 g/mol. The third-order valence-electron chi connectivity index (χ3n) is 4.41. The van der Waals surface area contributed by atoms with Crippen LogP contribution >= 0.6 is 11.6 Å². The van der Waals surface area contributed by atoms with Crippen LogP contribution in [-0.2, 0) is 0 Å². The Balaban J connectivity index is 1.91. The number of aromatic nitrogens is 1. The number of phenols is 1. The zero-order valence-electron chi connectivity index (χ0n) is 13.9. The molecule has 0 bridgehead atoms. The molecular formula is C22H17ClN2O. The summed E-state index contributed by atoms with van der Waals surface area (Å²) in [6.45, 7) is 0. The van der Waals surface area contributed by atoms with Gasteiger partial charge in [0.05, 0.1) is 11.7 Å². The molecule has 0 saturated carbocycles. The lowest BCUT2D eigenvalue weighted by Crippen LogP contribution is -2.13. The highest BCUT2D eigenvalue weighted by atomic mass is 35.5. The van der Waals surface area contributed by atoms with Crippen LogP contribution in [0, 0.1) is 0 Å². The lowest BCUT2D eigenvalue weighted by Gasteiger charge is -2.23. The molecule has 1 aromatic heterocycles. The standard InChI is InChI=1S/C22H17ClN2O/c23-17-10-7-16(8-11-17)22(25-18-5-3-13-24-14-18)21-19-6-2-1-4-15(19)9-12-20(21)26/h1-14,22,25-26H. The molecule has 0 fully saturated rings. The number of rotatable bonds is 4. The van der Waals surface area contributed by atoms with Crippen molar-refractivity contribution in [3.05, 3.63) is 101 Å². The second-order valence-corrected chi connectivity index (χ2v) is 6.53. The van der Waals surface area contributed by atoms with Crippen LogP contribution in [0.15, 0.2) is 85.2 Å². The molecule has 4 aromatic rings. The van der Waals surface area contributed by atoms with Crippen LogP contribution in [0.25, 0.3) is 10.8 Å². The molecule has 2 N–H and O–H groups in total. The number of halogens is 1. The van der Waals surface area contributed by atoms with Gasteiger partial charge >= 0.3 is 0 Å². The predicted molar refractivity (Wildman–Crippen MR) is 107 cm³/mol. The van der Waals surface area contributed by atoms with Crippen LogP contribution < -0.4 is 5.32 Å². The number of benzene rings is 3. The first-order valence-corrected chi connectivity index (χ1v) is 8.73. The van der Waals surface area contributed by atoms with E-state index in [1.807, 2.05) is 66.7 Å². The molecule has 0 amide bonds. The topological polar surface area (TPSA) is 45.1 Å². The summed E-state index contributed by atoms with van der Waals surface area (Å²) in [7, 11) is 0. The van der Waals surface area contributed by atoms with Crippen molar-refractivity contribution in [3.8, 4) is 5.75 Å². The Morgan fingerprint density at radius 3 is 2.46 bits per heavy atom. The van der Waals surface area contributed by atoms with Crippen molar-refractivity contribution in [2.24, 2.45) is 0 Å². The molecule has 0 spiro atoms. The second kappa shape index (κ2) is 7.06. The fourth-order valence-electron chi connectivity index (χ4n) is 3.18. The summed E-state index contributed by atoms with van der Waals surface area (Å²) in [4.78, 5) is 4.18. The van der Waals surface area contributed by atoms with E-state index in [9.17, 15) is 5.11 Å². The van der Waals surface area contributed by atoms with Crippen molar-refractivity contribution in [2.75, 3.05) is 5.32 Å². The van der Waals surface area contributed by atoms with Gasteiger partial charge < -0.3 is 10.4 Å². The highest BCUT2D eigenvalue weighted by molar-refractivity contribution is 6.30. The van der Waals surface area contributed by atoms with Gasteiger partial charge in [0.1, 0.15) is 5.75 Å². The molecule has 3 nitrogen and oxygen atoms in total. The first kappa shape index (κ1) is 16.4. The molecule has 0 aliphatic heterocycles. The minimum absolute atomic E-state index is 0.248. The summed E-state index contributed by atoms with van der Waals surface area (Å²) in [5.41, 5.74) is 2.71. The molecule has 0 radical (unpaired) electrons. The fourth-order valence-corrected chi connectivity index (χ4v) is 3.31. The van der Waals surface area contributed by atoms with Crippen LogP contribution in [0.5, 0.6) is 5.75 Å². The summed E-state index contributed by atoms with van der Waals surface area (Å²) >= 11 is 6.07. The van der Waals surface area contributed by atoms with Gasteiger partial charge in [0.25, 0.3) is 0 Å². The van der Waals surface area contributed by atoms with Crippen molar-refractivity contribution in [3.63, 3.8) is 0 Å². The number of nitrogens with one attached hydrogen (secondary N) is 1. The fraction of sp³-hybridized carbons (Fsp3) is 0.0455. The number of hydrogen-bond donors (Lipinski definition) is 2. The van der Waals surface area contributed by atoms with Crippen LogP contribution in [0.2, 0.25) is 5.02 Å². The zero-order chi connectivity index (χ0) is 17.9. The molecule has 0 aliphatic rings. The summed E-state index contributed by atoms with van der Waals surface area (Å²) in [6, 6.07) is 23.0. The molecule has 0 saturated heterocycles. The number of phenolic OH excluding ortho intramolecular Hbond substituents is 1. The number of anilines is 1. The maximum Gasteiger partial charge on any atom is 0.121 e. The third-order valence-corrected chi connectivity index (χ3v) is 4.66. The van der Waals surface area contributed by atoms with E-state index in [-0.39, 0.29) is 11.8 Å². The van der Waals surface area contributed by atoms with Crippen LogP contribution in [0.4, 0.5) is 5.69 Å². The third kappa shape index (κ3) is 3.22. The molecule has 26 heavy (non-hydrogen) atoms. The van der Waals surface area contributed by atoms with Gasteiger partial charge in [-0.05, 0) is 46.7 Å². The Kier molecular flexibility index (Phi) is 4.46. The molecule has 4 heteroatoms. The average molecular weight is 361 g/mol. The van der Waals surface area contributed by atoms with Gasteiger partial charge in [-0.15, -0.1) is 0 Å². The number of hydrogen-bond acceptors (Lipinski definition) is 3. The van der Waals surface area contributed by atoms with E-state index in [1.54, 1.807) is 18.5 Å². The van der Waals surface area contributed by atoms with Crippen molar-refractivity contribution in [1.29, 1.82) is 0 Å². The van der Waals surface area contributed by atoms with Gasteiger partial charge in [-0.3, -0.25) is 4.98 Å². The molecule has 3 aromatic carbocycles. The van der Waals surface area contributed by atoms with Gasteiger partial charge in [0.15, 0.2) is 0 Å². The van der Waals surface area contributed by atoms with E-state index in [0.29, 0.717) is 5.02 Å². The van der Waals surface area contributed by atoms with Gasteiger partial charge in [-0.1, -0.05) is 54.1 Å². The van der Waals surface area contributed by atoms with Crippen LogP contribution in [0.1, 0.15) is 17.2 Å². The largest absolute Gasteiger partial charge is 0.508 e. The SMILES string of the molecule is Oc1ccc2ccccc2c1C(Nc1cccnc1)c1ccc(Cl)cc1. The van der Waals surface area contributed by atoms with Crippen molar-refractivity contribution in [2.45, 2.75) is 6.04 Å². The maximum absolute atomic E-state index is 10.7. The highest BCUT2D eigenvalue weighted by Gasteiger charge is 2.20. The lowest BCUT2D eigenvalue weighted by atomic mass is 9.92. The first-order chi connectivity index (χ1) is 12.7. The van der Waals surface area contributed by atoms with E-state index >= 15 is 0 Å². The quantitative estimate of drug-likeness (QED) is 0.483. The number of pyridine rings is 1. The molecule has 4 rings (SSSR count). The van der Waals surface area contributed by atoms with E-state index < -0.39 is 0 Å². The molecule has 1 atom stereocenters. The number of fused-ring (bicyclic) bond motifs is 1. The first-order valence-electron chi connectivity index (χ1n) is 8.35. The van der Waals surface area contributed by atoms with Crippen molar-refractivity contribution >= 4 is 28.1 Å². The van der Waals surface area contributed by atoms with E-state index in [2.05, 4.69) is 10.3 Å². The Hall–Kier alpha value is -3.04. The summed E-state index contributed by atoms with van der Waals surface area (Å²) in [5, 5.41) is 16.9. The van der Waals surface area contributed by atoms with Gasteiger partial charge in [-0.2, -0.15) is 0 Å². The lowest BCUT2D eigenvalue weighted by molar-refractivity contribution is 0.468. The maximum atomic E-state index is 10.7. The van der Waals surface area contributed by atoms with Crippen LogP contribution in [0.3, 0.4) is 0 Å². The van der Waals surface area contributed by atoms with Crippen molar-refractivity contribution in [1.82, 2.24) is 4.98 Å². The van der Waals surface area contributed by atoms with Crippen molar-refractivity contribution < 1.29 is 5.11 Å². The summed E-state index contributed by atoms with van der Waals surface area (Å²) in [5.74, 6) is 0.250. The monoisotopic (exact) mass is 360 g/mol. The Morgan fingerprint density at radius 1 is 0.885 bits per heavy atom. The van der Waals surface area contributed by atoms with E-state index in [4.69, 9.17) is 11.6 Å². The van der Waals surface area contributed by atoms with Crippen LogP contribution in [-0.4, -0.2) is 10.1 Å². The molecule has 1 unspecified atom stereocenters. The highest BCUT2D eigenvalue weighted by Crippen LogP contribution is 2.37. The molecule has 1 heterocycles. The summed E-state index contributed by atoms with van der Waals surface area (Å²) < 4.78 is 0. The minimum Gasteiger partial charge on any atom is -0.508 e. The molecule has 128 valence electrons. The Labute approximate surface area is 156 Å². The summed E-state index contributed by atoms with van der Waals surface area (Å²) in [6.07, 6.45) is 3.50. The number of aromatic hydroxyl groups is 1. The normalized spacial score (nSPS) is 12.0. The Bertz CT molecular complexity index is 1030. The van der Waals surface area contributed by atoms with E-state index in [1.165, 1.54) is 0 Å². The van der Waals surface area contributed by atoms with Gasteiger partial charge in [0, 0.05) is 23.0 Å². The molecule has 0 aliphatic carbocycles. The Morgan fingerprint density at radius 2 is 1.69 bits per heavy atom. The smallest absolute Gasteiger partial charge is 0.121 e. The average Bonchev–Trinajstić information content (AvgIpc) is 2.68. The minimum atomic E-state index is -0.248. The van der Waals surface area contributed by atoms with E-state index in [0.717, 1.165) is 27.6 Å². The van der Waals surface area contributed by atoms with Gasteiger partial charge in [-0.25, -0.2) is 0 Å². The predicted octanol–water partition coefficient (Wildman–Crippen LogP) is 5.80.